The van der Waals surface area contributed by atoms with E-state index in [1.54, 1.807) is 6.07 Å². The quantitative estimate of drug-likeness (QED) is 0.753. The first-order valence-electron chi connectivity index (χ1n) is 5.13. The number of para-hydroxylation sites is 1. The topological polar surface area (TPSA) is 66.4 Å². The zero-order valence-corrected chi connectivity index (χ0v) is 10.00. The number of benzene rings is 1. The summed E-state index contributed by atoms with van der Waals surface area (Å²) >= 11 is 0. The number of hydrogen-bond donors (Lipinski definition) is 2. The van der Waals surface area contributed by atoms with Gasteiger partial charge in [-0.2, -0.15) is 0 Å². The number of rotatable bonds is 2. The summed E-state index contributed by atoms with van der Waals surface area (Å²) in [7, 11) is 1.46. The number of phenolic OH excluding ortho intramolecular Hbond substituents is 1. The maximum atomic E-state index is 11.2. The molecule has 0 aliphatic carbocycles. The van der Waals surface area contributed by atoms with Crippen molar-refractivity contribution in [2.75, 3.05) is 7.05 Å². The standard InChI is InChI=1S/C10H11NO3.C2H6/c1-6(12)7-4-3-5-8(9(7)13)10(14)11-2;1-2/h3-5,13H,1-2H3,(H,11,14);1-2H3. The Balaban J connectivity index is 0.00000106. The molecule has 0 aliphatic heterocycles. The summed E-state index contributed by atoms with van der Waals surface area (Å²) in [6.07, 6.45) is 0. The van der Waals surface area contributed by atoms with Crippen LogP contribution in [0.3, 0.4) is 0 Å². The van der Waals surface area contributed by atoms with Crippen LogP contribution < -0.4 is 5.32 Å². The van der Waals surface area contributed by atoms with Crippen LogP contribution in [0.15, 0.2) is 18.2 Å². The third-order valence-electron chi connectivity index (χ3n) is 1.89. The molecule has 2 N–H and O–H groups in total. The molecular formula is C12H17NO3. The lowest BCUT2D eigenvalue weighted by atomic mass is 10.1. The van der Waals surface area contributed by atoms with E-state index in [0.717, 1.165) is 0 Å². The molecule has 4 heteroatoms. The van der Waals surface area contributed by atoms with E-state index in [-0.39, 0.29) is 22.7 Å². The van der Waals surface area contributed by atoms with Crippen molar-refractivity contribution in [2.24, 2.45) is 0 Å². The Morgan fingerprint density at radius 1 is 1.19 bits per heavy atom. The molecule has 0 atom stereocenters. The Morgan fingerprint density at radius 3 is 2.12 bits per heavy atom. The fourth-order valence-corrected chi connectivity index (χ4v) is 1.15. The first-order chi connectivity index (χ1) is 7.57. The number of nitrogens with one attached hydrogen (secondary N) is 1. The normalized spacial score (nSPS) is 8.75. The van der Waals surface area contributed by atoms with E-state index in [1.807, 2.05) is 13.8 Å². The number of carbonyl (C=O) groups excluding carboxylic acids is 2. The van der Waals surface area contributed by atoms with Gasteiger partial charge in [-0.3, -0.25) is 9.59 Å². The largest absolute Gasteiger partial charge is 0.506 e. The van der Waals surface area contributed by atoms with Crippen LogP contribution in [0.5, 0.6) is 5.75 Å². The Labute approximate surface area is 95.3 Å². The third-order valence-corrected chi connectivity index (χ3v) is 1.89. The van der Waals surface area contributed by atoms with Gasteiger partial charge in [-0.15, -0.1) is 0 Å². The summed E-state index contributed by atoms with van der Waals surface area (Å²) < 4.78 is 0. The van der Waals surface area contributed by atoms with Crippen LogP contribution in [0.4, 0.5) is 0 Å². The van der Waals surface area contributed by atoms with Gasteiger partial charge in [0.15, 0.2) is 5.78 Å². The molecule has 1 rings (SSSR count). The highest BCUT2D eigenvalue weighted by Crippen LogP contribution is 2.22. The van der Waals surface area contributed by atoms with E-state index in [0.29, 0.717) is 0 Å². The van der Waals surface area contributed by atoms with Crippen molar-refractivity contribution in [3.63, 3.8) is 0 Å². The van der Waals surface area contributed by atoms with Crippen molar-refractivity contribution in [1.82, 2.24) is 5.32 Å². The van der Waals surface area contributed by atoms with Crippen LogP contribution in [0.25, 0.3) is 0 Å². The lowest BCUT2D eigenvalue weighted by Gasteiger charge is -2.05. The second kappa shape index (κ2) is 6.61. The number of amides is 1. The van der Waals surface area contributed by atoms with Crippen molar-refractivity contribution >= 4 is 11.7 Å². The van der Waals surface area contributed by atoms with Gasteiger partial charge in [0.05, 0.1) is 11.1 Å². The van der Waals surface area contributed by atoms with Gasteiger partial charge in [-0.25, -0.2) is 0 Å². The molecule has 0 aliphatic rings. The molecule has 0 fully saturated rings. The molecule has 0 radical (unpaired) electrons. The summed E-state index contributed by atoms with van der Waals surface area (Å²) in [6, 6.07) is 4.49. The van der Waals surface area contributed by atoms with Gasteiger partial charge >= 0.3 is 0 Å². The zero-order valence-electron chi connectivity index (χ0n) is 10.00. The summed E-state index contributed by atoms with van der Waals surface area (Å²) in [5.74, 6) is -0.946. The second-order valence-electron chi connectivity index (χ2n) is 2.84. The minimum atomic E-state index is -0.411. The molecule has 0 saturated heterocycles. The Kier molecular flexibility index (Phi) is 5.85. The van der Waals surface area contributed by atoms with Crippen molar-refractivity contribution in [2.45, 2.75) is 20.8 Å². The van der Waals surface area contributed by atoms with Gasteiger partial charge in [0, 0.05) is 7.05 Å². The monoisotopic (exact) mass is 223 g/mol. The number of aromatic hydroxyl groups is 1. The van der Waals surface area contributed by atoms with E-state index in [4.69, 9.17) is 0 Å². The number of hydrogen-bond acceptors (Lipinski definition) is 3. The maximum absolute atomic E-state index is 11.2. The van der Waals surface area contributed by atoms with Crippen LogP contribution in [0.2, 0.25) is 0 Å². The molecule has 16 heavy (non-hydrogen) atoms. The van der Waals surface area contributed by atoms with Gasteiger partial charge in [0.2, 0.25) is 0 Å². The first-order valence-corrected chi connectivity index (χ1v) is 5.13. The second-order valence-corrected chi connectivity index (χ2v) is 2.84. The van der Waals surface area contributed by atoms with Gasteiger partial charge in [-0.1, -0.05) is 19.9 Å². The average Bonchev–Trinajstić information content (AvgIpc) is 2.30. The fourth-order valence-electron chi connectivity index (χ4n) is 1.15. The molecule has 1 amide bonds. The molecule has 0 saturated carbocycles. The molecule has 0 spiro atoms. The van der Waals surface area contributed by atoms with Gasteiger partial charge in [0.25, 0.3) is 5.91 Å². The van der Waals surface area contributed by atoms with Crippen LogP contribution in [-0.4, -0.2) is 23.8 Å². The molecule has 1 aromatic carbocycles. The summed E-state index contributed by atoms with van der Waals surface area (Å²) in [6.45, 7) is 5.34. The van der Waals surface area contributed by atoms with Crippen molar-refractivity contribution < 1.29 is 14.7 Å². The molecule has 0 bridgehead atoms. The average molecular weight is 223 g/mol. The molecule has 0 heterocycles. The first kappa shape index (κ1) is 14.2. The molecule has 0 unspecified atom stereocenters. The van der Waals surface area contributed by atoms with E-state index >= 15 is 0 Å². The zero-order chi connectivity index (χ0) is 12.7. The Morgan fingerprint density at radius 2 is 1.69 bits per heavy atom. The van der Waals surface area contributed by atoms with Gasteiger partial charge < -0.3 is 10.4 Å². The SMILES string of the molecule is CC.CNC(=O)c1cccc(C(C)=O)c1O. The summed E-state index contributed by atoms with van der Waals surface area (Å²) in [4.78, 5) is 22.3. The van der Waals surface area contributed by atoms with Gasteiger partial charge in [-0.05, 0) is 19.1 Å². The Hall–Kier alpha value is -1.84. The fraction of sp³-hybridized carbons (Fsp3) is 0.333. The highest BCUT2D eigenvalue weighted by Gasteiger charge is 2.14. The summed E-state index contributed by atoms with van der Waals surface area (Å²) in [5.41, 5.74) is 0.270. The number of Topliss-reactive ketones (excluding diaryl/α,β-unsaturated/α-hetero) is 1. The number of phenols is 1. The molecule has 88 valence electrons. The summed E-state index contributed by atoms with van der Waals surface area (Å²) in [5, 5.41) is 12.0. The van der Waals surface area contributed by atoms with E-state index in [2.05, 4.69) is 5.32 Å². The van der Waals surface area contributed by atoms with E-state index in [1.165, 1.54) is 26.1 Å². The molecule has 0 aromatic heterocycles. The lowest BCUT2D eigenvalue weighted by molar-refractivity contribution is 0.0960. The minimum Gasteiger partial charge on any atom is -0.506 e. The van der Waals surface area contributed by atoms with Crippen LogP contribution in [-0.2, 0) is 0 Å². The number of carbonyl (C=O) groups is 2. The van der Waals surface area contributed by atoms with Crippen molar-refractivity contribution in [3.05, 3.63) is 29.3 Å². The Bertz CT molecular complexity index is 386. The van der Waals surface area contributed by atoms with Gasteiger partial charge in [0.1, 0.15) is 5.75 Å². The molecule has 4 nitrogen and oxygen atoms in total. The third kappa shape index (κ3) is 3.08. The van der Waals surface area contributed by atoms with E-state index in [9.17, 15) is 14.7 Å². The van der Waals surface area contributed by atoms with E-state index < -0.39 is 5.91 Å². The lowest BCUT2D eigenvalue weighted by Crippen LogP contribution is -2.18. The highest BCUT2D eigenvalue weighted by molar-refractivity contribution is 6.03. The predicted molar refractivity (Wildman–Crippen MR) is 62.8 cm³/mol. The molecular weight excluding hydrogens is 206 g/mol. The maximum Gasteiger partial charge on any atom is 0.254 e. The van der Waals surface area contributed by atoms with Crippen LogP contribution >= 0.6 is 0 Å². The van der Waals surface area contributed by atoms with Crippen LogP contribution in [0.1, 0.15) is 41.5 Å². The number of ketones is 1. The smallest absolute Gasteiger partial charge is 0.254 e. The van der Waals surface area contributed by atoms with Crippen molar-refractivity contribution in [3.8, 4) is 5.75 Å². The van der Waals surface area contributed by atoms with Crippen LogP contribution in [0, 0.1) is 0 Å². The van der Waals surface area contributed by atoms with Crippen molar-refractivity contribution in [1.29, 1.82) is 0 Å². The molecule has 1 aromatic rings. The minimum absolute atomic E-state index is 0.111. The predicted octanol–water partition coefficient (Wildman–Crippen LogP) is 1.98. The highest BCUT2D eigenvalue weighted by atomic mass is 16.3.